The molecule has 1 rings (SSSR count). The van der Waals surface area contributed by atoms with Gasteiger partial charge in [0.2, 0.25) is 0 Å². The molecule has 1 fully saturated rings. The van der Waals surface area contributed by atoms with Gasteiger partial charge in [0.15, 0.2) is 22.9 Å². The zero-order chi connectivity index (χ0) is 20.7. The Morgan fingerprint density at radius 1 is 0.778 bits per heavy atom. The Labute approximate surface area is 167 Å². The second kappa shape index (κ2) is 11.4. The summed E-state index contributed by atoms with van der Waals surface area (Å²) >= 11 is 0. The molecule has 27 heavy (non-hydrogen) atoms. The highest BCUT2D eigenvalue weighted by Gasteiger charge is 2.51. The minimum absolute atomic E-state index is 0.273. The van der Waals surface area contributed by atoms with E-state index in [0.29, 0.717) is 0 Å². The van der Waals surface area contributed by atoms with Crippen LogP contribution in [0.4, 0.5) is 0 Å². The molecule has 0 bridgehead atoms. The van der Waals surface area contributed by atoms with E-state index in [-0.39, 0.29) is 6.61 Å². The lowest BCUT2D eigenvalue weighted by Crippen LogP contribution is -2.65. The number of aliphatic hydroxyl groups is 2. The summed E-state index contributed by atoms with van der Waals surface area (Å²) in [4.78, 5) is 0. The molecule has 1 heterocycles. The molecule has 1 aliphatic rings. The normalized spacial score (nSPS) is 29.9. The fourth-order valence-electron chi connectivity index (χ4n) is 4.07. The molecule has 0 aliphatic carbocycles. The minimum atomic E-state index is -2.00. The summed E-state index contributed by atoms with van der Waals surface area (Å²) < 4.78 is 24.9. The van der Waals surface area contributed by atoms with E-state index >= 15 is 0 Å². The Hall–Kier alpha value is 0.194. The van der Waals surface area contributed by atoms with Gasteiger partial charge < -0.3 is 28.5 Å². The molecule has 0 aromatic heterocycles. The lowest BCUT2D eigenvalue weighted by Gasteiger charge is -2.49. The highest BCUT2D eigenvalue weighted by atomic mass is 28.4. The Balaban J connectivity index is 3.28. The molecule has 0 amide bonds. The van der Waals surface area contributed by atoms with Gasteiger partial charge in [-0.25, -0.2) is 0 Å². The molecule has 0 spiro atoms. The lowest BCUT2D eigenvalue weighted by molar-refractivity contribution is -0.287. The Kier molecular flexibility index (Phi) is 10.7. The second-order valence-electron chi connectivity index (χ2n) is 7.60. The van der Waals surface area contributed by atoms with Crippen molar-refractivity contribution < 1.29 is 28.5 Å². The molecule has 0 saturated carbocycles. The number of hydrogen-bond donors (Lipinski definition) is 2. The van der Waals surface area contributed by atoms with Crippen molar-refractivity contribution in [3.8, 4) is 0 Å². The van der Waals surface area contributed by atoms with Crippen molar-refractivity contribution in [1.29, 1.82) is 0 Å². The van der Waals surface area contributed by atoms with Gasteiger partial charge in [-0.15, -0.1) is 0 Å². The van der Waals surface area contributed by atoms with Crippen molar-refractivity contribution in [2.75, 3.05) is 13.7 Å². The predicted molar refractivity (Wildman–Crippen MR) is 113 cm³/mol. The van der Waals surface area contributed by atoms with Gasteiger partial charge in [0.05, 0.1) is 6.61 Å². The van der Waals surface area contributed by atoms with Crippen LogP contribution in [0.25, 0.3) is 0 Å². The SMILES string of the molecule is CC[Si](CC)(CC)O[C@H]1[C@@H](OC)O[C@H](CO)[C@@H](O)[C@@H]1O[Si](CC)(CC)CC. The fourth-order valence-corrected chi connectivity index (χ4v) is 9.74. The molecule has 8 heteroatoms. The molecule has 1 aliphatic heterocycles. The van der Waals surface area contributed by atoms with Crippen LogP contribution in [0.2, 0.25) is 36.3 Å². The topological polar surface area (TPSA) is 77.4 Å². The van der Waals surface area contributed by atoms with E-state index in [9.17, 15) is 10.2 Å². The van der Waals surface area contributed by atoms with Crippen molar-refractivity contribution in [3.05, 3.63) is 0 Å². The Bertz CT molecular complexity index is 400. The molecule has 0 unspecified atom stereocenters. The molecule has 0 aromatic carbocycles. The monoisotopic (exact) mass is 422 g/mol. The standard InChI is InChI=1S/C19H42O6Si2/c1-8-26(9-2,10-3)24-17-16(21)15(14-20)23-19(22-7)18(17)25-27(11-4,12-5)13-6/h15-21H,8-14H2,1-7H3/t15-,16-,17+,18-,19+/m1/s1. The van der Waals surface area contributed by atoms with Gasteiger partial charge in [0.25, 0.3) is 0 Å². The number of ether oxygens (including phenoxy) is 2. The van der Waals surface area contributed by atoms with Gasteiger partial charge in [-0.1, -0.05) is 41.5 Å². The van der Waals surface area contributed by atoms with E-state index in [1.807, 2.05) is 0 Å². The van der Waals surface area contributed by atoms with E-state index in [1.54, 1.807) is 7.11 Å². The number of aliphatic hydroxyl groups excluding tert-OH is 2. The van der Waals surface area contributed by atoms with Crippen LogP contribution in [0.1, 0.15) is 41.5 Å². The molecule has 6 nitrogen and oxygen atoms in total. The van der Waals surface area contributed by atoms with E-state index in [1.165, 1.54) is 0 Å². The van der Waals surface area contributed by atoms with Crippen LogP contribution in [-0.4, -0.2) is 71.3 Å². The van der Waals surface area contributed by atoms with Gasteiger partial charge >= 0.3 is 0 Å². The average Bonchev–Trinajstić information content (AvgIpc) is 2.72. The third kappa shape index (κ3) is 5.63. The first-order valence-corrected chi connectivity index (χ1v) is 15.7. The predicted octanol–water partition coefficient (Wildman–Crippen LogP) is 3.49. The summed E-state index contributed by atoms with van der Waals surface area (Å²) in [7, 11) is -2.38. The van der Waals surface area contributed by atoms with Crippen LogP contribution >= 0.6 is 0 Å². The van der Waals surface area contributed by atoms with Crippen molar-refractivity contribution >= 4 is 16.6 Å². The van der Waals surface area contributed by atoms with E-state index in [2.05, 4.69) is 41.5 Å². The van der Waals surface area contributed by atoms with Crippen LogP contribution in [0.3, 0.4) is 0 Å². The summed E-state index contributed by atoms with van der Waals surface area (Å²) in [6, 6.07) is 5.94. The van der Waals surface area contributed by atoms with Gasteiger partial charge in [-0.2, -0.15) is 0 Å². The zero-order valence-electron chi connectivity index (χ0n) is 18.4. The largest absolute Gasteiger partial charge is 0.408 e. The molecule has 0 radical (unpaired) electrons. The van der Waals surface area contributed by atoms with E-state index in [4.69, 9.17) is 18.3 Å². The molecule has 1 saturated heterocycles. The lowest BCUT2D eigenvalue weighted by atomic mass is 9.99. The maximum absolute atomic E-state index is 11.0. The summed E-state index contributed by atoms with van der Waals surface area (Å²) in [5.41, 5.74) is 0. The summed E-state index contributed by atoms with van der Waals surface area (Å²) in [6.07, 6.45) is -3.32. The van der Waals surface area contributed by atoms with E-state index in [0.717, 1.165) is 36.3 Å². The number of hydrogen-bond acceptors (Lipinski definition) is 6. The Morgan fingerprint density at radius 3 is 1.52 bits per heavy atom. The van der Waals surface area contributed by atoms with Crippen LogP contribution < -0.4 is 0 Å². The quantitative estimate of drug-likeness (QED) is 0.469. The average molecular weight is 423 g/mol. The highest BCUT2D eigenvalue weighted by Crippen LogP contribution is 2.35. The number of rotatable bonds is 12. The van der Waals surface area contributed by atoms with Crippen molar-refractivity contribution in [2.45, 2.75) is 109 Å². The second-order valence-corrected chi connectivity index (χ2v) is 17.1. The first kappa shape index (κ1) is 25.2. The molecule has 2 N–H and O–H groups in total. The third-order valence-corrected chi connectivity index (χ3v) is 15.9. The smallest absolute Gasteiger partial charge is 0.192 e. The molecule has 162 valence electrons. The summed E-state index contributed by atoms with van der Waals surface area (Å²) in [5.74, 6) is 0. The highest BCUT2D eigenvalue weighted by molar-refractivity contribution is 6.74. The summed E-state index contributed by atoms with van der Waals surface area (Å²) in [5, 5.41) is 20.7. The first-order valence-electron chi connectivity index (χ1n) is 10.7. The molecular weight excluding hydrogens is 380 g/mol. The maximum atomic E-state index is 11.0. The molecule has 0 aromatic rings. The maximum Gasteiger partial charge on any atom is 0.192 e. The minimum Gasteiger partial charge on any atom is -0.408 e. The van der Waals surface area contributed by atoms with Crippen LogP contribution in [-0.2, 0) is 18.3 Å². The van der Waals surface area contributed by atoms with Crippen LogP contribution in [0.15, 0.2) is 0 Å². The third-order valence-electron chi connectivity index (χ3n) is 6.67. The van der Waals surface area contributed by atoms with Gasteiger partial charge in [0, 0.05) is 7.11 Å². The molecule has 5 atom stereocenters. The summed E-state index contributed by atoms with van der Waals surface area (Å²) in [6.45, 7) is 12.8. The van der Waals surface area contributed by atoms with Crippen molar-refractivity contribution in [3.63, 3.8) is 0 Å². The Morgan fingerprint density at radius 2 is 1.19 bits per heavy atom. The van der Waals surface area contributed by atoms with Crippen LogP contribution in [0.5, 0.6) is 0 Å². The fraction of sp³-hybridized carbons (Fsp3) is 1.00. The van der Waals surface area contributed by atoms with Crippen molar-refractivity contribution in [1.82, 2.24) is 0 Å². The van der Waals surface area contributed by atoms with Gasteiger partial charge in [-0.05, 0) is 36.3 Å². The van der Waals surface area contributed by atoms with Crippen molar-refractivity contribution in [2.24, 2.45) is 0 Å². The van der Waals surface area contributed by atoms with Gasteiger partial charge in [0.1, 0.15) is 24.4 Å². The molecular formula is C19H42O6Si2. The van der Waals surface area contributed by atoms with Gasteiger partial charge in [-0.3, -0.25) is 0 Å². The number of methoxy groups -OCH3 is 1. The first-order chi connectivity index (χ1) is 12.8. The van der Waals surface area contributed by atoms with Crippen LogP contribution in [0, 0.1) is 0 Å². The zero-order valence-corrected chi connectivity index (χ0v) is 20.4. The van der Waals surface area contributed by atoms with E-state index < -0.39 is 47.3 Å².